The third kappa shape index (κ3) is 3.53. The van der Waals surface area contributed by atoms with Crippen molar-refractivity contribution in [2.45, 2.75) is 13.5 Å². The van der Waals surface area contributed by atoms with Crippen LogP contribution in [0.5, 0.6) is 0 Å². The van der Waals surface area contributed by atoms with E-state index in [4.69, 9.17) is 0 Å². The molecule has 1 N–H and O–H groups in total. The molecule has 82 valence electrons. The van der Waals surface area contributed by atoms with E-state index < -0.39 is 17.7 Å². The second-order valence-electron chi connectivity index (χ2n) is 2.82. The molecule has 0 radical (unpaired) electrons. The van der Waals surface area contributed by atoms with Gasteiger partial charge in [-0.15, -0.1) is 0 Å². The van der Waals surface area contributed by atoms with E-state index in [0.29, 0.717) is 5.56 Å². The lowest BCUT2D eigenvalue weighted by Gasteiger charge is -2.05. The van der Waals surface area contributed by atoms with Crippen LogP contribution in [0.15, 0.2) is 18.2 Å². The van der Waals surface area contributed by atoms with Gasteiger partial charge in [0.15, 0.2) is 11.6 Å². The molecule has 1 amide bonds. The number of benzene rings is 1. The summed E-state index contributed by atoms with van der Waals surface area (Å²) in [4.78, 5) is 10.9. The second kappa shape index (κ2) is 5.29. The molecule has 15 heavy (non-hydrogen) atoms. The lowest BCUT2D eigenvalue weighted by atomic mass is 10.2. The number of nitrogens with one attached hydrogen (secondary N) is 1. The topological polar surface area (TPSA) is 38.3 Å². The molecule has 0 aliphatic carbocycles. The van der Waals surface area contributed by atoms with Crippen LogP contribution >= 0.6 is 0 Å². The third-order valence-corrected chi connectivity index (χ3v) is 1.70. The average Bonchev–Trinajstić information content (AvgIpc) is 2.20. The highest BCUT2D eigenvalue weighted by atomic mass is 19.2. The zero-order valence-corrected chi connectivity index (χ0v) is 8.22. The molecule has 1 rings (SSSR count). The smallest absolute Gasteiger partial charge is 0.407 e. The highest BCUT2D eigenvalue weighted by molar-refractivity contribution is 5.67. The Morgan fingerprint density at radius 1 is 1.40 bits per heavy atom. The van der Waals surface area contributed by atoms with Gasteiger partial charge in [-0.25, -0.2) is 13.6 Å². The molecule has 0 aliphatic rings. The third-order valence-electron chi connectivity index (χ3n) is 1.70. The van der Waals surface area contributed by atoms with Gasteiger partial charge in [-0.2, -0.15) is 0 Å². The molecular weight excluding hydrogens is 204 g/mol. The van der Waals surface area contributed by atoms with Crippen LogP contribution in [0.1, 0.15) is 12.5 Å². The van der Waals surface area contributed by atoms with Crippen molar-refractivity contribution in [1.29, 1.82) is 0 Å². The molecule has 1 aromatic carbocycles. The van der Waals surface area contributed by atoms with Crippen LogP contribution in [0.25, 0.3) is 0 Å². The molecule has 0 aliphatic heterocycles. The Balaban J connectivity index is 2.51. The Labute approximate surface area is 86.0 Å². The van der Waals surface area contributed by atoms with Crippen molar-refractivity contribution < 1.29 is 18.3 Å². The Hall–Kier alpha value is -1.65. The SMILES string of the molecule is CCOC(=O)NCc1ccc(F)c(F)c1. The fourth-order valence-electron chi connectivity index (χ4n) is 1.01. The van der Waals surface area contributed by atoms with Crippen molar-refractivity contribution in [3.8, 4) is 0 Å². The zero-order chi connectivity index (χ0) is 11.3. The number of ether oxygens (including phenoxy) is 1. The fraction of sp³-hybridized carbons (Fsp3) is 0.300. The van der Waals surface area contributed by atoms with Crippen LogP contribution in [0.2, 0.25) is 0 Å². The maximum atomic E-state index is 12.7. The van der Waals surface area contributed by atoms with Gasteiger partial charge in [-0.05, 0) is 24.6 Å². The molecule has 0 spiro atoms. The van der Waals surface area contributed by atoms with Crippen LogP contribution in [0, 0.1) is 11.6 Å². The van der Waals surface area contributed by atoms with Crippen molar-refractivity contribution in [1.82, 2.24) is 5.32 Å². The largest absolute Gasteiger partial charge is 0.450 e. The van der Waals surface area contributed by atoms with Gasteiger partial charge in [0, 0.05) is 6.54 Å². The summed E-state index contributed by atoms with van der Waals surface area (Å²) in [7, 11) is 0. The summed E-state index contributed by atoms with van der Waals surface area (Å²) in [5, 5.41) is 2.40. The van der Waals surface area contributed by atoms with Gasteiger partial charge in [0.25, 0.3) is 0 Å². The van der Waals surface area contributed by atoms with E-state index in [1.165, 1.54) is 6.07 Å². The summed E-state index contributed by atoms with van der Waals surface area (Å²) in [6, 6.07) is 3.43. The standard InChI is InChI=1S/C10H11F2NO2/c1-2-15-10(14)13-6-7-3-4-8(11)9(12)5-7/h3-5H,2,6H2,1H3,(H,13,14). The predicted molar refractivity (Wildman–Crippen MR) is 50.2 cm³/mol. The number of hydrogen-bond donors (Lipinski definition) is 1. The van der Waals surface area contributed by atoms with Crippen molar-refractivity contribution in [3.05, 3.63) is 35.4 Å². The summed E-state index contributed by atoms with van der Waals surface area (Å²) in [6.45, 7) is 2.05. The number of alkyl carbamates (subject to hydrolysis) is 1. The molecule has 5 heteroatoms. The lowest BCUT2D eigenvalue weighted by Crippen LogP contribution is -2.23. The minimum Gasteiger partial charge on any atom is -0.450 e. The molecular formula is C10H11F2NO2. The van der Waals surface area contributed by atoms with Gasteiger partial charge in [0.2, 0.25) is 0 Å². The first-order valence-electron chi connectivity index (χ1n) is 4.48. The molecule has 3 nitrogen and oxygen atoms in total. The predicted octanol–water partition coefficient (Wildman–Crippen LogP) is 2.21. The Kier molecular flexibility index (Phi) is 4.03. The number of halogens is 2. The van der Waals surface area contributed by atoms with Crippen LogP contribution in [-0.4, -0.2) is 12.7 Å². The number of hydrogen-bond acceptors (Lipinski definition) is 2. The maximum Gasteiger partial charge on any atom is 0.407 e. The molecule has 0 saturated carbocycles. The number of amides is 1. The van der Waals surface area contributed by atoms with Gasteiger partial charge < -0.3 is 10.1 Å². The van der Waals surface area contributed by atoms with E-state index in [1.54, 1.807) is 6.92 Å². The van der Waals surface area contributed by atoms with E-state index in [2.05, 4.69) is 10.1 Å². The Morgan fingerprint density at radius 3 is 2.73 bits per heavy atom. The summed E-state index contributed by atoms with van der Waals surface area (Å²) < 4.78 is 29.9. The molecule has 0 unspecified atom stereocenters. The van der Waals surface area contributed by atoms with Crippen molar-refractivity contribution >= 4 is 6.09 Å². The minimum absolute atomic E-state index is 0.107. The van der Waals surface area contributed by atoms with Crippen LogP contribution in [0.3, 0.4) is 0 Å². The molecule has 0 fully saturated rings. The van der Waals surface area contributed by atoms with Crippen molar-refractivity contribution in [3.63, 3.8) is 0 Å². The first-order valence-corrected chi connectivity index (χ1v) is 4.48. The fourth-order valence-corrected chi connectivity index (χ4v) is 1.01. The lowest BCUT2D eigenvalue weighted by molar-refractivity contribution is 0.151. The summed E-state index contributed by atoms with van der Waals surface area (Å²) in [5.74, 6) is -1.84. The highest BCUT2D eigenvalue weighted by Gasteiger charge is 2.04. The van der Waals surface area contributed by atoms with Crippen LogP contribution in [0.4, 0.5) is 13.6 Å². The number of carbonyl (C=O) groups excluding carboxylic acids is 1. The Morgan fingerprint density at radius 2 is 2.13 bits per heavy atom. The maximum absolute atomic E-state index is 12.7. The van der Waals surface area contributed by atoms with Gasteiger partial charge >= 0.3 is 6.09 Å². The van der Waals surface area contributed by atoms with Gasteiger partial charge in [-0.1, -0.05) is 6.07 Å². The molecule has 0 aromatic heterocycles. The first kappa shape index (κ1) is 11.4. The summed E-state index contributed by atoms with van der Waals surface area (Å²) in [6.07, 6.45) is -0.581. The summed E-state index contributed by atoms with van der Waals surface area (Å²) in [5.41, 5.74) is 0.474. The Bertz CT molecular complexity index is 355. The van der Waals surface area contributed by atoms with E-state index in [0.717, 1.165) is 12.1 Å². The van der Waals surface area contributed by atoms with Crippen LogP contribution in [-0.2, 0) is 11.3 Å². The zero-order valence-electron chi connectivity index (χ0n) is 8.22. The quantitative estimate of drug-likeness (QED) is 0.839. The monoisotopic (exact) mass is 215 g/mol. The van der Waals surface area contributed by atoms with Gasteiger partial charge in [-0.3, -0.25) is 0 Å². The van der Waals surface area contributed by atoms with Crippen LogP contribution < -0.4 is 5.32 Å². The highest BCUT2D eigenvalue weighted by Crippen LogP contribution is 2.08. The van der Waals surface area contributed by atoms with Crippen molar-refractivity contribution in [2.75, 3.05) is 6.61 Å². The van der Waals surface area contributed by atoms with Gasteiger partial charge in [0.1, 0.15) is 0 Å². The minimum atomic E-state index is -0.932. The van der Waals surface area contributed by atoms with E-state index >= 15 is 0 Å². The first-order chi connectivity index (χ1) is 7.13. The second-order valence-corrected chi connectivity index (χ2v) is 2.82. The van der Waals surface area contributed by atoms with E-state index in [9.17, 15) is 13.6 Å². The average molecular weight is 215 g/mol. The molecule has 1 aromatic rings. The number of carbonyl (C=O) groups is 1. The number of rotatable bonds is 3. The van der Waals surface area contributed by atoms with Crippen molar-refractivity contribution in [2.24, 2.45) is 0 Å². The van der Waals surface area contributed by atoms with E-state index in [1.807, 2.05) is 0 Å². The molecule has 0 saturated heterocycles. The molecule has 0 bridgehead atoms. The molecule has 0 atom stereocenters. The summed E-state index contributed by atoms with van der Waals surface area (Å²) >= 11 is 0. The molecule has 0 heterocycles. The van der Waals surface area contributed by atoms with Gasteiger partial charge in [0.05, 0.1) is 6.61 Å². The van der Waals surface area contributed by atoms with E-state index in [-0.39, 0.29) is 13.2 Å². The normalized spacial score (nSPS) is 9.80.